The summed E-state index contributed by atoms with van der Waals surface area (Å²) in [4.78, 5) is 12.6. The smallest absolute Gasteiger partial charge is 0.248 e. The van der Waals surface area contributed by atoms with E-state index in [1.54, 1.807) is 19.4 Å². The highest BCUT2D eigenvalue weighted by molar-refractivity contribution is 6.07. The van der Waals surface area contributed by atoms with Gasteiger partial charge in [0.25, 0.3) is 0 Å². The van der Waals surface area contributed by atoms with E-state index >= 15 is 0 Å². The highest BCUT2D eigenvalue weighted by atomic mass is 16.5. The molecule has 0 radical (unpaired) electrons. The molecule has 0 aliphatic heterocycles. The largest absolute Gasteiger partial charge is 0.496 e. The van der Waals surface area contributed by atoms with E-state index in [1.165, 1.54) is 5.39 Å². The summed E-state index contributed by atoms with van der Waals surface area (Å²) in [5.74, 6) is 0.463. The molecule has 1 N–H and O–H groups in total. The van der Waals surface area contributed by atoms with E-state index in [0.717, 1.165) is 44.3 Å². The van der Waals surface area contributed by atoms with Gasteiger partial charge in [0.15, 0.2) is 0 Å². The monoisotopic (exact) mass is 433 g/mol. The van der Waals surface area contributed by atoms with Crippen molar-refractivity contribution in [3.63, 3.8) is 0 Å². The van der Waals surface area contributed by atoms with Crippen molar-refractivity contribution in [2.45, 2.75) is 6.92 Å². The third kappa shape index (κ3) is 3.99. The van der Waals surface area contributed by atoms with Crippen molar-refractivity contribution in [3.05, 3.63) is 103 Å². The van der Waals surface area contributed by atoms with Gasteiger partial charge in [0.1, 0.15) is 11.3 Å². The van der Waals surface area contributed by atoms with Crippen molar-refractivity contribution in [2.24, 2.45) is 0 Å². The van der Waals surface area contributed by atoms with Crippen molar-refractivity contribution in [1.82, 2.24) is 0 Å². The predicted molar refractivity (Wildman–Crippen MR) is 134 cm³/mol. The Morgan fingerprint density at radius 3 is 2.45 bits per heavy atom. The lowest BCUT2D eigenvalue weighted by atomic mass is 9.96. The van der Waals surface area contributed by atoms with Gasteiger partial charge in [-0.2, -0.15) is 0 Å². The van der Waals surface area contributed by atoms with E-state index in [-0.39, 0.29) is 5.91 Å². The van der Waals surface area contributed by atoms with Gasteiger partial charge >= 0.3 is 0 Å². The maximum absolute atomic E-state index is 12.6. The molecule has 1 aromatic heterocycles. The summed E-state index contributed by atoms with van der Waals surface area (Å²) in [6.07, 6.45) is 3.38. The third-order valence-corrected chi connectivity index (χ3v) is 5.79. The molecule has 0 fully saturated rings. The Bertz CT molecular complexity index is 1490. The first kappa shape index (κ1) is 20.6. The second kappa shape index (κ2) is 8.67. The summed E-state index contributed by atoms with van der Waals surface area (Å²) < 4.78 is 11.5. The minimum atomic E-state index is -0.192. The van der Waals surface area contributed by atoms with Crippen LogP contribution in [0.5, 0.6) is 5.75 Å². The van der Waals surface area contributed by atoms with Gasteiger partial charge in [-0.25, -0.2) is 0 Å². The van der Waals surface area contributed by atoms with Gasteiger partial charge in [-0.05, 0) is 47.0 Å². The molecule has 4 nitrogen and oxygen atoms in total. The zero-order valence-electron chi connectivity index (χ0n) is 18.5. The van der Waals surface area contributed by atoms with Gasteiger partial charge in [0.2, 0.25) is 5.91 Å². The fourth-order valence-electron chi connectivity index (χ4n) is 4.18. The number of para-hydroxylation sites is 1. The fraction of sp³-hybridized carbons (Fsp3) is 0.0690. The zero-order chi connectivity index (χ0) is 22.8. The molecule has 0 aliphatic rings. The first-order valence-corrected chi connectivity index (χ1v) is 10.8. The normalized spacial score (nSPS) is 11.6. The van der Waals surface area contributed by atoms with Gasteiger partial charge in [-0.15, -0.1) is 0 Å². The Balaban J connectivity index is 1.59. The van der Waals surface area contributed by atoms with Crippen molar-refractivity contribution in [2.75, 3.05) is 12.4 Å². The Hall–Kier alpha value is -4.31. The van der Waals surface area contributed by atoms with Crippen LogP contribution in [-0.2, 0) is 4.79 Å². The Kier molecular flexibility index (Phi) is 5.41. The summed E-state index contributed by atoms with van der Waals surface area (Å²) in [6, 6.07) is 27.9. The molecule has 5 rings (SSSR count). The highest BCUT2D eigenvalue weighted by Gasteiger charge is 2.16. The Morgan fingerprint density at radius 1 is 0.879 bits per heavy atom. The molecule has 0 atom stereocenters. The van der Waals surface area contributed by atoms with Gasteiger partial charge in [0.05, 0.1) is 13.4 Å². The predicted octanol–water partition coefficient (Wildman–Crippen LogP) is 7.30. The molecule has 33 heavy (non-hydrogen) atoms. The van der Waals surface area contributed by atoms with Gasteiger partial charge in [-0.3, -0.25) is 4.79 Å². The maximum atomic E-state index is 12.6. The number of anilines is 1. The molecule has 0 saturated carbocycles. The number of benzene rings is 4. The average molecular weight is 434 g/mol. The summed E-state index contributed by atoms with van der Waals surface area (Å²) in [6.45, 7) is 1.91. The van der Waals surface area contributed by atoms with Crippen LogP contribution in [0.1, 0.15) is 12.5 Å². The van der Waals surface area contributed by atoms with Crippen LogP contribution in [0.4, 0.5) is 5.69 Å². The van der Waals surface area contributed by atoms with Crippen LogP contribution in [0.3, 0.4) is 0 Å². The number of hydrogen-bond acceptors (Lipinski definition) is 3. The topological polar surface area (TPSA) is 51.5 Å². The quantitative estimate of drug-likeness (QED) is 0.296. The Morgan fingerprint density at radius 2 is 1.64 bits per heavy atom. The first-order chi connectivity index (χ1) is 16.1. The van der Waals surface area contributed by atoms with E-state index in [4.69, 9.17) is 9.15 Å². The molecule has 162 valence electrons. The number of carbonyl (C=O) groups is 1. The minimum Gasteiger partial charge on any atom is -0.496 e. The van der Waals surface area contributed by atoms with Crippen LogP contribution in [-0.4, -0.2) is 13.0 Å². The summed E-state index contributed by atoms with van der Waals surface area (Å²) in [7, 11) is 1.62. The summed E-state index contributed by atoms with van der Waals surface area (Å²) in [5, 5.41) is 6.20. The number of ether oxygens (including phenoxy) is 1. The van der Waals surface area contributed by atoms with Crippen LogP contribution in [0.2, 0.25) is 0 Å². The van der Waals surface area contributed by atoms with E-state index < -0.39 is 0 Å². The van der Waals surface area contributed by atoms with Crippen LogP contribution < -0.4 is 10.1 Å². The van der Waals surface area contributed by atoms with E-state index in [2.05, 4.69) is 35.6 Å². The van der Waals surface area contributed by atoms with Crippen LogP contribution >= 0.6 is 0 Å². The third-order valence-electron chi connectivity index (χ3n) is 5.79. The average Bonchev–Trinajstić information content (AvgIpc) is 3.26. The summed E-state index contributed by atoms with van der Waals surface area (Å²) in [5.41, 5.74) is 5.24. The van der Waals surface area contributed by atoms with Gasteiger partial charge < -0.3 is 14.5 Å². The summed E-state index contributed by atoms with van der Waals surface area (Å²) >= 11 is 0. The van der Waals surface area contributed by atoms with Gasteiger partial charge in [0, 0.05) is 34.3 Å². The van der Waals surface area contributed by atoms with Crippen LogP contribution in [0.25, 0.3) is 38.4 Å². The van der Waals surface area contributed by atoms with Crippen LogP contribution in [0.15, 0.2) is 102 Å². The SMILES string of the molecule is COc1cc2occ(-c3cccc4ccccc34)c2cc1/C(C)=C/C(=O)Nc1ccccc1. The number of methoxy groups -OCH3 is 1. The molecule has 4 heteroatoms. The second-order valence-electron chi connectivity index (χ2n) is 7.91. The lowest BCUT2D eigenvalue weighted by Crippen LogP contribution is -2.08. The number of carbonyl (C=O) groups excluding carboxylic acids is 1. The molecule has 0 saturated heterocycles. The fourth-order valence-corrected chi connectivity index (χ4v) is 4.18. The molecular formula is C29H23NO3. The molecule has 0 aliphatic carbocycles. The van der Waals surface area contributed by atoms with Gasteiger partial charge in [-0.1, -0.05) is 60.7 Å². The number of allylic oxidation sites excluding steroid dienone is 1. The number of amides is 1. The second-order valence-corrected chi connectivity index (χ2v) is 7.91. The molecular weight excluding hydrogens is 410 g/mol. The van der Waals surface area contributed by atoms with Crippen molar-refractivity contribution >= 4 is 38.9 Å². The van der Waals surface area contributed by atoms with Crippen LogP contribution in [0, 0.1) is 0 Å². The number of fused-ring (bicyclic) bond motifs is 2. The maximum Gasteiger partial charge on any atom is 0.248 e. The Labute approximate surface area is 192 Å². The zero-order valence-corrected chi connectivity index (χ0v) is 18.5. The number of hydrogen-bond donors (Lipinski definition) is 1. The first-order valence-electron chi connectivity index (χ1n) is 10.8. The van der Waals surface area contributed by atoms with Crippen molar-refractivity contribution in [3.8, 4) is 16.9 Å². The molecule has 0 unspecified atom stereocenters. The number of rotatable bonds is 5. The molecule has 4 aromatic carbocycles. The van der Waals surface area contributed by atoms with E-state index in [0.29, 0.717) is 5.75 Å². The molecule has 1 heterocycles. The standard InChI is InChI=1S/C29H23NO3/c1-19(15-29(31)30-21-11-4-3-5-12-21)24-16-25-26(18-33-28(25)17-27(24)32-2)23-14-8-10-20-9-6-7-13-22(20)23/h3-18H,1-2H3,(H,30,31)/b19-15+. The lowest BCUT2D eigenvalue weighted by Gasteiger charge is -2.11. The number of furan rings is 1. The van der Waals surface area contributed by atoms with Crippen molar-refractivity contribution in [1.29, 1.82) is 0 Å². The molecule has 0 bridgehead atoms. The van der Waals surface area contributed by atoms with E-state index in [1.807, 2.05) is 61.5 Å². The molecule has 1 amide bonds. The molecule has 5 aromatic rings. The minimum absolute atomic E-state index is 0.192. The van der Waals surface area contributed by atoms with E-state index in [9.17, 15) is 4.79 Å². The number of nitrogens with one attached hydrogen (secondary N) is 1. The molecule has 0 spiro atoms. The lowest BCUT2D eigenvalue weighted by molar-refractivity contribution is -0.111. The van der Waals surface area contributed by atoms with Crippen molar-refractivity contribution < 1.29 is 13.9 Å². The highest BCUT2D eigenvalue weighted by Crippen LogP contribution is 2.39.